The highest BCUT2D eigenvalue weighted by molar-refractivity contribution is 7.09. The molecule has 1 unspecified atom stereocenters. The van der Waals surface area contributed by atoms with E-state index in [0.717, 1.165) is 35.7 Å². The van der Waals surface area contributed by atoms with Crippen LogP contribution < -0.4 is 4.74 Å². The first-order chi connectivity index (χ1) is 12.1. The summed E-state index contributed by atoms with van der Waals surface area (Å²) in [4.78, 5) is 19.1. The largest absolute Gasteiger partial charge is 0.486 e. The van der Waals surface area contributed by atoms with Gasteiger partial charge in [-0.1, -0.05) is 24.6 Å². The van der Waals surface area contributed by atoms with Gasteiger partial charge in [0.1, 0.15) is 17.4 Å². The number of hydrogen-bond acceptors (Lipinski definition) is 4. The molecule has 0 spiro atoms. The minimum absolute atomic E-state index is 0.235. The van der Waals surface area contributed by atoms with Crippen LogP contribution in [0.15, 0.2) is 29.6 Å². The van der Waals surface area contributed by atoms with Crippen LogP contribution in [-0.4, -0.2) is 21.8 Å². The number of ether oxygens (including phenoxy) is 1. The zero-order valence-electron chi connectivity index (χ0n) is 14.6. The molecule has 1 amide bonds. The average molecular weight is 379 g/mol. The number of thiazole rings is 1. The highest BCUT2D eigenvalue weighted by Gasteiger charge is 2.35. The third kappa shape index (κ3) is 4.95. The fourth-order valence-electron chi connectivity index (χ4n) is 2.60. The maximum atomic E-state index is 12.5. The van der Waals surface area contributed by atoms with Crippen LogP contribution in [0.5, 0.6) is 5.75 Å². The van der Waals surface area contributed by atoms with Crippen LogP contribution in [0.2, 0.25) is 5.02 Å². The van der Waals surface area contributed by atoms with Crippen molar-refractivity contribution in [1.29, 1.82) is 0 Å². The van der Waals surface area contributed by atoms with Gasteiger partial charge in [0, 0.05) is 22.4 Å². The van der Waals surface area contributed by atoms with Gasteiger partial charge >= 0.3 is 0 Å². The number of amides is 1. The molecule has 1 aliphatic carbocycles. The van der Waals surface area contributed by atoms with Gasteiger partial charge in [-0.3, -0.25) is 4.79 Å². The van der Waals surface area contributed by atoms with Gasteiger partial charge in [-0.25, -0.2) is 4.98 Å². The van der Waals surface area contributed by atoms with E-state index in [9.17, 15) is 4.79 Å². The Morgan fingerprint density at radius 3 is 2.96 bits per heavy atom. The van der Waals surface area contributed by atoms with E-state index in [1.807, 2.05) is 28.5 Å². The minimum Gasteiger partial charge on any atom is -0.486 e. The summed E-state index contributed by atoms with van der Waals surface area (Å²) in [6.07, 6.45) is 3.01. The molecule has 6 heteroatoms. The molecule has 1 fully saturated rings. The Bertz CT molecular complexity index is 730. The summed E-state index contributed by atoms with van der Waals surface area (Å²) in [5, 5.41) is 3.57. The van der Waals surface area contributed by atoms with Gasteiger partial charge in [0.05, 0.1) is 12.2 Å². The first-order valence-electron chi connectivity index (χ1n) is 8.69. The van der Waals surface area contributed by atoms with Crippen LogP contribution in [0.1, 0.15) is 43.8 Å². The molecule has 1 aromatic carbocycles. The number of hydrogen-bond donors (Lipinski definition) is 0. The molecule has 0 saturated heterocycles. The summed E-state index contributed by atoms with van der Waals surface area (Å²) < 4.78 is 5.74. The van der Waals surface area contributed by atoms with Gasteiger partial charge in [0.15, 0.2) is 0 Å². The first kappa shape index (κ1) is 18.2. The summed E-state index contributed by atoms with van der Waals surface area (Å²) in [6.45, 7) is 5.21. The molecule has 25 heavy (non-hydrogen) atoms. The number of nitrogens with zero attached hydrogens (tertiary/aromatic N) is 2. The van der Waals surface area contributed by atoms with Crippen molar-refractivity contribution in [2.75, 3.05) is 0 Å². The quantitative estimate of drug-likeness (QED) is 0.655. The average Bonchev–Trinajstić information content (AvgIpc) is 3.37. The lowest BCUT2D eigenvalue weighted by atomic mass is 10.2. The Morgan fingerprint density at radius 1 is 1.48 bits per heavy atom. The highest BCUT2D eigenvalue weighted by Crippen LogP contribution is 2.32. The molecule has 134 valence electrons. The molecule has 4 nitrogen and oxygen atoms in total. The van der Waals surface area contributed by atoms with Gasteiger partial charge in [0.25, 0.3) is 0 Å². The zero-order chi connectivity index (χ0) is 17.8. The Kier molecular flexibility index (Phi) is 5.97. The molecule has 1 saturated carbocycles. The lowest BCUT2D eigenvalue weighted by molar-refractivity contribution is -0.135. The summed E-state index contributed by atoms with van der Waals surface area (Å²) >= 11 is 7.52. The molecule has 3 rings (SSSR count). The summed E-state index contributed by atoms with van der Waals surface area (Å²) in [7, 11) is 0. The van der Waals surface area contributed by atoms with Gasteiger partial charge in [-0.15, -0.1) is 11.3 Å². The number of halogens is 1. The number of carbonyl (C=O) groups excluding carboxylic acids is 1. The van der Waals surface area contributed by atoms with Crippen molar-refractivity contribution in [3.8, 4) is 5.75 Å². The second kappa shape index (κ2) is 8.19. The minimum atomic E-state index is 0.235. The van der Waals surface area contributed by atoms with Crippen LogP contribution in [0.25, 0.3) is 0 Å². The topological polar surface area (TPSA) is 42.4 Å². The molecule has 0 aliphatic heterocycles. The lowest BCUT2D eigenvalue weighted by Gasteiger charge is -2.28. The monoisotopic (exact) mass is 378 g/mol. The van der Waals surface area contributed by atoms with Gasteiger partial charge < -0.3 is 9.64 Å². The van der Waals surface area contributed by atoms with E-state index in [1.54, 1.807) is 17.4 Å². The fraction of sp³-hybridized carbons (Fsp3) is 0.474. The maximum Gasteiger partial charge on any atom is 0.226 e. The third-order valence-corrected chi connectivity index (χ3v) is 5.53. The van der Waals surface area contributed by atoms with E-state index in [0.29, 0.717) is 18.2 Å². The molecule has 0 radical (unpaired) electrons. The zero-order valence-corrected chi connectivity index (χ0v) is 16.1. The molecular weight excluding hydrogens is 356 g/mol. The van der Waals surface area contributed by atoms with Crippen molar-refractivity contribution >= 4 is 28.8 Å². The van der Waals surface area contributed by atoms with E-state index in [4.69, 9.17) is 16.3 Å². The SMILES string of the molecule is CCC(C)N(Cc1csc(COc2cccc(Cl)c2)n1)C(=O)C1CC1. The fourth-order valence-corrected chi connectivity index (χ4v) is 3.48. The number of aromatic nitrogens is 1. The van der Waals surface area contributed by atoms with Crippen molar-refractivity contribution in [2.24, 2.45) is 5.92 Å². The normalized spacial score (nSPS) is 15.0. The first-order valence-corrected chi connectivity index (χ1v) is 9.94. The van der Waals surface area contributed by atoms with Crippen molar-refractivity contribution < 1.29 is 9.53 Å². The third-order valence-electron chi connectivity index (χ3n) is 4.42. The summed E-state index contributed by atoms with van der Waals surface area (Å²) in [6, 6.07) is 7.57. The molecule has 1 aromatic heterocycles. The lowest BCUT2D eigenvalue weighted by Crippen LogP contribution is -2.38. The van der Waals surface area contributed by atoms with Crippen LogP contribution in [0.3, 0.4) is 0 Å². The van der Waals surface area contributed by atoms with Crippen molar-refractivity contribution in [1.82, 2.24) is 9.88 Å². The van der Waals surface area contributed by atoms with Crippen molar-refractivity contribution in [3.05, 3.63) is 45.4 Å². The molecule has 2 aromatic rings. The van der Waals surface area contributed by atoms with E-state index in [1.165, 1.54) is 0 Å². The van der Waals surface area contributed by atoms with Gasteiger partial charge in [-0.2, -0.15) is 0 Å². The van der Waals surface area contributed by atoms with E-state index >= 15 is 0 Å². The molecular formula is C19H23ClN2O2S. The second-order valence-corrected chi connectivity index (χ2v) is 7.86. The number of benzene rings is 1. The van der Waals surface area contributed by atoms with Crippen LogP contribution in [0.4, 0.5) is 0 Å². The van der Waals surface area contributed by atoms with E-state index in [-0.39, 0.29) is 17.9 Å². The van der Waals surface area contributed by atoms with Crippen LogP contribution in [-0.2, 0) is 17.9 Å². The molecule has 1 aliphatic rings. The smallest absolute Gasteiger partial charge is 0.226 e. The van der Waals surface area contributed by atoms with Crippen molar-refractivity contribution in [2.45, 2.75) is 52.3 Å². The molecule has 1 heterocycles. The predicted octanol–water partition coefficient (Wildman–Crippen LogP) is 4.91. The van der Waals surface area contributed by atoms with Gasteiger partial charge in [-0.05, 0) is 44.4 Å². The maximum absolute atomic E-state index is 12.5. The molecule has 0 N–H and O–H groups in total. The Labute approximate surface area is 157 Å². The second-order valence-electron chi connectivity index (χ2n) is 6.48. The standard InChI is InChI=1S/C19H23ClN2O2S/c1-3-13(2)22(19(23)14-7-8-14)10-16-12-25-18(21-16)11-24-17-6-4-5-15(20)9-17/h4-6,9,12-14H,3,7-8,10-11H2,1-2H3. The summed E-state index contributed by atoms with van der Waals surface area (Å²) in [5.41, 5.74) is 0.934. The number of rotatable bonds is 8. The van der Waals surface area contributed by atoms with Crippen LogP contribution >= 0.6 is 22.9 Å². The van der Waals surface area contributed by atoms with E-state index < -0.39 is 0 Å². The Hall–Kier alpha value is -1.59. The Morgan fingerprint density at radius 2 is 2.28 bits per heavy atom. The number of carbonyl (C=O) groups is 1. The van der Waals surface area contributed by atoms with E-state index in [2.05, 4.69) is 18.8 Å². The highest BCUT2D eigenvalue weighted by atomic mass is 35.5. The summed E-state index contributed by atoms with van der Waals surface area (Å²) in [5.74, 6) is 1.24. The molecule has 0 bridgehead atoms. The van der Waals surface area contributed by atoms with Crippen molar-refractivity contribution in [3.63, 3.8) is 0 Å². The van der Waals surface area contributed by atoms with Gasteiger partial charge in [0.2, 0.25) is 5.91 Å². The van der Waals surface area contributed by atoms with Crippen LogP contribution in [0, 0.1) is 5.92 Å². The Balaban J connectivity index is 1.60. The predicted molar refractivity (Wildman–Crippen MR) is 101 cm³/mol. The molecule has 1 atom stereocenters.